The molecule has 1 unspecified atom stereocenters. The molecule has 5 aromatic carbocycles. The first-order chi connectivity index (χ1) is 19.2. The minimum absolute atomic E-state index is 0.147. The van der Waals surface area contributed by atoms with Crippen LogP contribution in [0.5, 0.6) is 0 Å². The van der Waals surface area contributed by atoms with Crippen LogP contribution in [0.2, 0.25) is 0 Å². The Balaban J connectivity index is 1.41. The molecule has 0 fully saturated rings. The number of nitrogens with zero attached hydrogens (tertiary/aromatic N) is 1. The van der Waals surface area contributed by atoms with Gasteiger partial charge in [0.1, 0.15) is 0 Å². The van der Waals surface area contributed by atoms with Crippen LogP contribution in [0.15, 0.2) is 121 Å². The van der Waals surface area contributed by atoms with Gasteiger partial charge in [-0.3, -0.25) is 0 Å². The van der Waals surface area contributed by atoms with Crippen LogP contribution < -0.4 is 11.1 Å². The molecule has 0 amide bonds. The van der Waals surface area contributed by atoms with E-state index in [1.807, 2.05) is 6.07 Å². The molecule has 3 N–H and O–H groups in total. The monoisotopic (exact) mass is 505 g/mol. The SMILES string of the molecule is CC1(c2cccc(-c3ccccc3NCN)c2)C=Cc2c(c3c4ccccc4ccc3n2-c2ccccc2)C1. The fourth-order valence-corrected chi connectivity index (χ4v) is 6.29. The highest BCUT2D eigenvalue weighted by Gasteiger charge is 2.32. The lowest BCUT2D eigenvalue weighted by molar-refractivity contribution is 0.588. The van der Waals surface area contributed by atoms with Crippen LogP contribution in [0.25, 0.3) is 44.6 Å². The summed E-state index contributed by atoms with van der Waals surface area (Å²) >= 11 is 0. The van der Waals surface area contributed by atoms with E-state index < -0.39 is 0 Å². The van der Waals surface area contributed by atoms with Crippen LogP contribution in [0.4, 0.5) is 5.69 Å². The highest BCUT2D eigenvalue weighted by Crippen LogP contribution is 2.44. The second-order valence-corrected chi connectivity index (χ2v) is 10.7. The molecule has 3 nitrogen and oxygen atoms in total. The van der Waals surface area contributed by atoms with Crippen molar-refractivity contribution < 1.29 is 0 Å². The van der Waals surface area contributed by atoms with Gasteiger partial charge < -0.3 is 15.6 Å². The topological polar surface area (TPSA) is 43.0 Å². The molecule has 0 bridgehead atoms. The number of allylic oxidation sites excluding steroid dienone is 1. The maximum absolute atomic E-state index is 5.83. The zero-order valence-corrected chi connectivity index (χ0v) is 22.1. The molecule has 0 saturated carbocycles. The van der Waals surface area contributed by atoms with Crippen molar-refractivity contribution in [2.75, 3.05) is 12.0 Å². The summed E-state index contributed by atoms with van der Waals surface area (Å²) in [6.45, 7) is 2.77. The molecule has 1 aromatic heterocycles. The Morgan fingerprint density at radius 2 is 1.62 bits per heavy atom. The zero-order chi connectivity index (χ0) is 26.4. The molecular weight excluding hydrogens is 474 g/mol. The highest BCUT2D eigenvalue weighted by atomic mass is 15.0. The quantitative estimate of drug-likeness (QED) is 0.231. The van der Waals surface area contributed by atoms with Crippen LogP contribution in [0, 0.1) is 0 Å². The molecule has 0 radical (unpaired) electrons. The number of nitrogens with one attached hydrogen (secondary N) is 1. The van der Waals surface area contributed by atoms with Crippen LogP contribution in [-0.4, -0.2) is 11.2 Å². The first kappa shape index (κ1) is 23.5. The maximum Gasteiger partial charge on any atom is 0.0628 e. The van der Waals surface area contributed by atoms with Gasteiger partial charge in [-0.15, -0.1) is 0 Å². The molecule has 1 atom stereocenters. The van der Waals surface area contributed by atoms with E-state index in [0.29, 0.717) is 6.67 Å². The second kappa shape index (κ2) is 9.30. The Hall–Kier alpha value is -4.60. The fraction of sp³-hybridized carbons (Fsp3) is 0.111. The van der Waals surface area contributed by atoms with Crippen LogP contribution >= 0.6 is 0 Å². The van der Waals surface area contributed by atoms with E-state index in [0.717, 1.165) is 12.1 Å². The van der Waals surface area contributed by atoms with E-state index in [9.17, 15) is 0 Å². The number of para-hydroxylation sites is 2. The number of rotatable bonds is 5. The first-order valence-electron chi connectivity index (χ1n) is 13.6. The zero-order valence-electron chi connectivity index (χ0n) is 22.1. The lowest BCUT2D eigenvalue weighted by Gasteiger charge is -2.31. The number of hydrogen-bond acceptors (Lipinski definition) is 2. The third-order valence-electron chi connectivity index (χ3n) is 8.22. The normalized spacial score (nSPS) is 16.5. The number of benzene rings is 5. The van der Waals surface area contributed by atoms with Gasteiger partial charge in [0.2, 0.25) is 0 Å². The Bertz CT molecular complexity index is 1860. The first-order valence-corrected chi connectivity index (χ1v) is 13.6. The van der Waals surface area contributed by atoms with Crippen molar-refractivity contribution in [3.63, 3.8) is 0 Å². The minimum atomic E-state index is -0.147. The van der Waals surface area contributed by atoms with E-state index >= 15 is 0 Å². The second-order valence-electron chi connectivity index (χ2n) is 10.7. The third-order valence-corrected chi connectivity index (χ3v) is 8.22. The van der Waals surface area contributed by atoms with Crippen molar-refractivity contribution in [1.29, 1.82) is 0 Å². The summed E-state index contributed by atoms with van der Waals surface area (Å²) in [6, 6.07) is 41.4. The number of fused-ring (bicyclic) bond motifs is 5. The number of nitrogens with two attached hydrogens (primary N) is 1. The summed E-state index contributed by atoms with van der Waals surface area (Å²) in [6.07, 6.45) is 5.67. The standard InChI is InChI=1S/C36H31N3/c1-36(27-12-9-11-26(22-27)29-15-7-8-17-32(29)38-24-37)21-20-33-31(23-36)35-30-16-6-5-10-25(30)18-19-34(35)39(33)28-13-3-2-4-14-28/h2-22,38H,23-24,37H2,1H3. The fourth-order valence-electron chi connectivity index (χ4n) is 6.29. The molecule has 190 valence electrons. The van der Waals surface area contributed by atoms with Gasteiger partial charge in [0, 0.05) is 33.4 Å². The van der Waals surface area contributed by atoms with E-state index in [1.54, 1.807) is 0 Å². The van der Waals surface area contributed by atoms with Crippen molar-refractivity contribution in [3.8, 4) is 16.8 Å². The van der Waals surface area contributed by atoms with E-state index in [-0.39, 0.29) is 5.41 Å². The van der Waals surface area contributed by atoms with Crippen molar-refractivity contribution in [3.05, 3.63) is 138 Å². The molecule has 1 heterocycles. The summed E-state index contributed by atoms with van der Waals surface area (Å²) in [5.74, 6) is 0. The van der Waals surface area contributed by atoms with Gasteiger partial charge in [-0.2, -0.15) is 0 Å². The molecule has 6 aromatic rings. The molecule has 0 saturated heterocycles. The van der Waals surface area contributed by atoms with Gasteiger partial charge in [-0.05, 0) is 64.2 Å². The Morgan fingerprint density at radius 3 is 2.49 bits per heavy atom. The average molecular weight is 506 g/mol. The Labute approximate surface area is 229 Å². The summed E-state index contributed by atoms with van der Waals surface area (Å²) in [5, 5.41) is 7.26. The number of aromatic nitrogens is 1. The van der Waals surface area contributed by atoms with Gasteiger partial charge in [0.25, 0.3) is 0 Å². The summed E-state index contributed by atoms with van der Waals surface area (Å²) < 4.78 is 2.43. The smallest absolute Gasteiger partial charge is 0.0628 e. The van der Waals surface area contributed by atoms with Crippen molar-refractivity contribution in [1.82, 2.24) is 4.57 Å². The Kier molecular flexibility index (Phi) is 5.61. The predicted molar refractivity (Wildman–Crippen MR) is 165 cm³/mol. The van der Waals surface area contributed by atoms with Crippen LogP contribution in [0.1, 0.15) is 23.7 Å². The van der Waals surface area contributed by atoms with E-state index in [1.165, 1.54) is 55.3 Å². The Morgan fingerprint density at radius 1 is 0.821 bits per heavy atom. The molecule has 3 heteroatoms. The molecular formula is C36H31N3. The third kappa shape index (κ3) is 3.86. The van der Waals surface area contributed by atoms with E-state index in [2.05, 4.69) is 138 Å². The van der Waals surface area contributed by atoms with Crippen molar-refractivity contribution >= 4 is 33.4 Å². The molecule has 1 aliphatic carbocycles. The molecule has 1 aliphatic rings. The molecule has 0 spiro atoms. The lowest BCUT2D eigenvalue weighted by atomic mass is 9.73. The van der Waals surface area contributed by atoms with Crippen molar-refractivity contribution in [2.24, 2.45) is 5.73 Å². The van der Waals surface area contributed by atoms with Gasteiger partial charge in [-0.25, -0.2) is 0 Å². The number of anilines is 1. The van der Waals surface area contributed by atoms with Gasteiger partial charge in [-0.1, -0.05) is 104 Å². The van der Waals surface area contributed by atoms with Crippen LogP contribution in [0.3, 0.4) is 0 Å². The maximum atomic E-state index is 5.83. The molecule has 39 heavy (non-hydrogen) atoms. The van der Waals surface area contributed by atoms with Gasteiger partial charge in [0.15, 0.2) is 0 Å². The van der Waals surface area contributed by atoms with Gasteiger partial charge >= 0.3 is 0 Å². The largest absolute Gasteiger partial charge is 0.372 e. The van der Waals surface area contributed by atoms with Crippen molar-refractivity contribution in [2.45, 2.75) is 18.8 Å². The highest BCUT2D eigenvalue weighted by molar-refractivity contribution is 6.10. The summed E-state index contributed by atoms with van der Waals surface area (Å²) in [5.41, 5.74) is 15.5. The molecule has 7 rings (SSSR count). The average Bonchev–Trinajstić information content (AvgIpc) is 3.32. The van der Waals surface area contributed by atoms with Crippen LogP contribution in [-0.2, 0) is 11.8 Å². The van der Waals surface area contributed by atoms with E-state index in [4.69, 9.17) is 5.73 Å². The lowest BCUT2D eigenvalue weighted by Crippen LogP contribution is -2.25. The predicted octanol–water partition coefficient (Wildman–Crippen LogP) is 8.31. The number of hydrogen-bond donors (Lipinski definition) is 2. The minimum Gasteiger partial charge on any atom is -0.372 e. The molecule has 0 aliphatic heterocycles. The van der Waals surface area contributed by atoms with Gasteiger partial charge in [0.05, 0.1) is 12.2 Å². The summed E-state index contributed by atoms with van der Waals surface area (Å²) in [4.78, 5) is 0. The summed E-state index contributed by atoms with van der Waals surface area (Å²) in [7, 11) is 0.